The summed E-state index contributed by atoms with van der Waals surface area (Å²) in [5.41, 5.74) is 0.338. The second-order valence-corrected chi connectivity index (χ2v) is 5.52. The van der Waals surface area contributed by atoms with Gasteiger partial charge in [0, 0.05) is 12.1 Å². The summed E-state index contributed by atoms with van der Waals surface area (Å²) in [4.78, 5) is 22.3. The summed E-state index contributed by atoms with van der Waals surface area (Å²) in [5, 5.41) is 10.6. The van der Waals surface area contributed by atoms with Crippen molar-refractivity contribution in [3.05, 3.63) is 52.1 Å². The third-order valence-corrected chi connectivity index (χ3v) is 3.80. The van der Waals surface area contributed by atoms with Crippen LogP contribution in [-0.4, -0.2) is 17.0 Å². The van der Waals surface area contributed by atoms with Crippen molar-refractivity contribution in [2.24, 2.45) is 0 Å². The van der Waals surface area contributed by atoms with Gasteiger partial charge in [0.1, 0.15) is 6.10 Å². The van der Waals surface area contributed by atoms with Gasteiger partial charge in [-0.2, -0.15) is 0 Å². The van der Waals surface area contributed by atoms with E-state index in [1.165, 1.54) is 24.3 Å². The Morgan fingerprint density at radius 3 is 2.36 bits per heavy atom. The Labute approximate surface area is 130 Å². The summed E-state index contributed by atoms with van der Waals surface area (Å²) in [5.74, 6) is -0.396. The molecule has 0 saturated carbocycles. The number of nitrogens with zero attached hydrogens (tertiary/aromatic N) is 1. The van der Waals surface area contributed by atoms with Crippen LogP contribution in [0.2, 0.25) is 0 Å². The molecule has 0 radical (unpaired) electrons. The van der Waals surface area contributed by atoms with Gasteiger partial charge in [0.05, 0.1) is 10.5 Å². The summed E-state index contributed by atoms with van der Waals surface area (Å²) in [6.45, 7) is 0. The molecule has 2 rings (SSSR count). The lowest BCUT2D eigenvalue weighted by atomic mass is 10.0. The highest BCUT2D eigenvalue weighted by Crippen LogP contribution is 2.19. The number of non-ortho nitro benzene ring substituents is 1. The van der Waals surface area contributed by atoms with E-state index in [2.05, 4.69) is 12.2 Å². The van der Waals surface area contributed by atoms with Crippen LogP contribution >= 0.6 is 0 Å². The topological polar surface area (TPSA) is 69.4 Å². The van der Waals surface area contributed by atoms with Crippen LogP contribution in [0, 0.1) is 10.1 Å². The molecular formula is C17H21NO4. The van der Waals surface area contributed by atoms with Gasteiger partial charge in [-0.25, -0.2) is 4.79 Å². The van der Waals surface area contributed by atoms with Crippen molar-refractivity contribution < 1.29 is 14.5 Å². The number of allylic oxidation sites excluding steroid dienone is 2. The third kappa shape index (κ3) is 4.98. The number of nitro benzene ring substituents is 1. The highest BCUT2D eigenvalue weighted by molar-refractivity contribution is 5.89. The lowest BCUT2D eigenvalue weighted by molar-refractivity contribution is -0.384. The lowest BCUT2D eigenvalue weighted by Crippen LogP contribution is -2.18. The molecule has 118 valence electrons. The van der Waals surface area contributed by atoms with Crippen molar-refractivity contribution in [1.82, 2.24) is 0 Å². The van der Waals surface area contributed by atoms with Gasteiger partial charge in [0.2, 0.25) is 0 Å². The van der Waals surface area contributed by atoms with Gasteiger partial charge >= 0.3 is 5.97 Å². The lowest BCUT2D eigenvalue weighted by Gasteiger charge is -2.18. The van der Waals surface area contributed by atoms with Crippen LogP contribution in [-0.2, 0) is 4.74 Å². The molecule has 5 nitrogen and oxygen atoms in total. The minimum Gasteiger partial charge on any atom is -0.459 e. The molecule has 0 fully saturated rings. The Morgan fingerprint density at radius 1 is 1.05 bits per heavy atom. The maximum atomic E-state index is 12.1. The maximum Gasteiger partial charge on any atom is 0.338 e. The van der Waals surface area contributed by atoms with Gasteiger partial charge in [-0.1, -0.05) is 12.2 Å². The molecule has 0 bridgehead atoms. The maximum absolute atomic E-state index is 12.1. The highest BCUT2D eigenvalue weighted by Gasteiger charge is 2.17. The first-order valence-electron chi connectivity index (χ1n) is 7.77. The molecule has 1 aliphatic rings. The van der Waals surface area contributed by atoms with E-state index in [4.69, 9.17) is 4.74 Å². The quantitative estimate of drug-likeness (QED) is 0.359. The second kappa shape index (κ2) is 8.32. The minimum atomic E-state index is -0.482. The van der Waals surface area contributed by atoms with E-state index in [9.17, 15) is 14.9 Å². The zero-order valence-electron chi connectivity index (χ0n) is 12.6. The van der Waals surface area contributed by atoms with E-state index in [1.807, 2.05) is 0 Å². The number of carbonyl (C=O) groups excluding carboxylic acids is 1. The summed E-state index contributed by atoms with van der Waals surface area (Å²) in [6, 6.07) is 5.55. The molecule has 1 aromatic carbocycles. The fraction of sp³-hybridized carbons (Fsp3) is 0.471. The monoisotopic (exact) mass is 303 g/mol. The van der Waals surface area contributed by atoms with Crippen LogP contribution in [0.1, 0.15) is 55.3 Å². The van der Waals surface area contributed by atoms with E-state index in [0.717, 1.165) is 44.9 Å². The van der Waals surface area contributed by atoms with Crippen LogP contribution in [0.15, 0.2) is 36.4 Å². The first kappa shape index (κ1) is 16.2. The van der Waals surface area contributed by atoms with Gasteiger partial charge in [-0.3, -0.25) is 10.1 Å². The van der Waals surface area contributed by atoms with Gasteiger partial charge < -0.3 is 4.74 Å². The predicted octanol–water partition coefficient (Wildman–Crippen LogP) is 4.42. The smallest absolute Gasteiger partial charge is 0.338 e. The molecule has 0 saturated heterocycles. The molecule has 0 N–H and O–H groups in total. The second-order valence-electron chi connectivity index (χ2n) is 5.52. The summed E-state index contributed by atoms with van der Waals surface area (Å²) >= 11 is 0. The number of ether oxygens (including phenoxy) is 1. The van der Waals surface area contributed by atoms with Crippen molar-refractivity contribution in [2.75, 3.05) is 0 Å². The zero-order chi connectivity index (χ0) is 15.8. The van der Waals surface area contributed by atoms with Gasteiger partial charge in [0.25, 0.3) is 5.69 Å². The fourth-order valence-corrected chi connectivity index (χ4v) is 2.53. The van der Waals surface area contributed by atoms with Gasteiger partial charge in [0.15, 0.2) is 0 Å². The minimum absolute atomic E-state index is 0.0259. The molecule has 0 aromatic heterocycles. The Hall–Kier alpha value is -2.17. The molecule has 0 spiro atoms. The van der Waals surface area contributed by atoms with Crippen molar-refractivity contribution >= 4 is 11.7 Å². The first-order chi connectivity index (χ1) is 10.7. The standard InChI is InChI=1S/C17H21NO4/c19-17(14-10-12-15(13-11-14)18(20)21)22-16-8-6-4-2-1-3-5-7-9-16/h1-2,10-13,16H,3-9H2/b2-1+/t16-/m1/s1. The Kier molecular flexibility index (Phi) is 6.13. The largest absolute Gasteiger partial charge is 0.459 e. The highest BCUT2D eigenvalue weighted by atomic mass is 16.6. The molecule has 0 amide bonds. The van der Waals surface area contributed by atoms with Crippen molar-refractivity contribution in [1.29, 1.82) is 0 Å². The normalized spacial score (nSPS) is 20.8. The SMILES string of the molecule is O=C(O[C@@H]1CCC/C=C/CCCC1)c1ccc([N+](=O)[O-])cc1. The van der Waals surface area contributed by atoms with Crippen LogP contribution < -0.4 is 0 Å². The molecule has 0 heterocycles. The van der Waals surface area contributed by atoms with E-state index < -0.39 is 10.9 Å². The number of rotatable bonds is 3. The number of esters is 1. The van der Waals surface area contributed by atoms with Crippen LogP contribution in [0.5, 0.6) is 0 Å². The first-order valence-corrected chi connectivity index (χ1v) is 7.77. The van der Waals surface area contributed by atoms with Crippen molar-refractivity contribution in [2.45, 2.75) is 51.0 Å². The molecule has 0 unspecified atom stereocenters. The summed E-state index contributed by atoms with van der Waals surface area (Å²) in [7, 11) is 0. The number of hydrogen-bond acceptors (Lipinski definition) is 4. The average molecular weight is 303 g/mol. The van der Waals surface area contributed by atoms with Crippen LogP contribution in [0.3, 0.4) is 0 Å². The molecule has 1 aromatic rings. The predicted molar refractivity (Wildman–Crippen MR) is 83.8 cm³/mol. The molecule has 0 aliphatic heterocycles. The Morgan fingerprint density at radius 2 is 1.68 bits per heavy atom. The van der Waals surface area contributed by atoms with E-state index in [1.54, 1.807) is 0 Å². The van der Waals surface area contributed by atoms with Gasteiger partial charge in [-0.15, -0.1) is 0 Å². The van der Waals surface area contributed by atoms with E-state index >= 15 is 0 Å². The Balaban J connectivity index is 1.93. The molecular weight excluding hydrogens is 282 g/mol. The van der Waals surface area contributed by atoms with Gasteiger partial charge in [-0.05, 0) is 57.1 Å². The van der Waals surface area contributed by atoms with Crippen molar-refractivity contribution in [3.8, 4) is 0 Å². The molecule has 1 atom stereocenters. The Bertz CT molecular complexity index is 536. The van der Waals surface area contributed by atoms with E-state index in [0.29, 0.717) is 5.56 Å². The summed E-state index contributed by atoms with van der Waals surface area (Å²) in [6.07, 6.45) is 11.4. The van der Waals surface area contributed by atoms with Crippen LogP contribution in [0.25, 0.3) is 0 Å². The molecule has 22 heavy (non-hydrogen) atoms. The summed E-state index contributed by atoms with van der Waals surface area (Å²) < 4.78 is 5.58. The van der Waals surface area contributed by atoms with Crippen LogP contribution in [0.4, 0.5) is 5.69 Å². The number of hydrogen-bond donors (Lipinski definition) is 0. The molecule has 5 heteroatoms. The van der Waals surface area contributed by atoms with E-state index in [-0.39, 0.29) is 11.8 Å². The third-order valence-electron chi connectivity index (χ3n) is 3.80. The number of benzene rings is 1. The zero-order valence-corrected chi connectivity index (χ0v) is 12.6. The van der Waals surface area contributed by atoms with Crippen molar-refractivity contribution in [3.63, 3.8) is 0 Å². The molecule has 1 aliphatic carbocycles. The number of carbonyl (C=O) groups is 1. The average Bonchev–Trinajstić information content (AvgIpc) is 2.53. The number of nitro groups is 1. The fourth-order valence-electron chi connectivity index (χ4n) is 2.53.